The lowest BCUT2D eigenvalue weighted by atomic mass is 10.2. The van der Waals surface area contributed by atoms with E-state index in [-0.39, 0.29) is 6.61 Å². The van der Waals surface area contributed by atoms with E-state index in [2.05, 4.69) is 15.4 Å². The maximum atomic E-state index is 11.8. The Morgan fingerprint density at radius 1 is 1.18 bits per heavy atom. The van der Waals surface area contributed by atoms with Crippen molar-refractivity contribution in [2.45, 2.75) is 45.8 Å². The average Bonchev–Trinajstić information content (AvgIpc) is 2.32. The first-order chi connectivity index (χ1) is 10.0. The molecule has 0 saturated heterocycles. The lowest BCUT2D eigenvalue weighted by molar-refractivity contribution is -0.143. The fourth-order valence-electron chi connectivity index (χ4n) is 1.33. The summed E-state index contributed by atoms with van der Waals surface area (Å²) in [4.78, 5) is 45.3. The van der Waals surface area contributed by atoms with Crippen molar-refractivity contribution >= 4 is 23.9 Å². The minimum atomic E-state index is -1.36. The van der Waals surface area contributed by atoms with Gasteiger partial charge in [0.15, 0.2) is 0 Å². The van der Waals surface area contributed by atoms with Gasteiger partial charge in [0.05, 0.1) is 13.0 Å². The molecule has 0 aliphatic carbocycles. The zero-order chi connectivity index (χ0) is 17.3. The molecule has 0 aromatic carbocycles. The monoisotopic (exact) mass is 318 g/mol. The van der Waals surface area contributed by atoms with Crippen LogP contribution in [0.4, 0.5) is 4.79 Å². The van der Waals surface area contributed by atoms with Gasteiger partial charge in [-0.1, -0.05) is 0 Å². The van der Waals surface area contributed by atoms with Crippen LogP contribution >= 0.6 is 0 Å². The third-order valence-electron chi connectivity index (χ3n) is 2.10. The van der Waals surface area contributed by atoms with E-state index in [9.17, 15) is 19.2 Å². The fourth-order valence-corrected chi connectivity index (χ4v) is 1.33. The zero-order valence-electron chi connectivity index (χ0n) is 13.1. The number of esters is 1. The number of carboxylic acid groups (broad SMARTS) is 1. The Labute approximate surface area is 128 Å². The minimum absolute atomic E-state index is 0.156. The van der Waals surface area contributed by atoms with Crippen molar-refractivity contribution in [2.75, 3.05) is 13.2 Å². The highest BCUT2D eigenvalue weighted by molar-refractivity contribution is 5.91. The molecule has 1 atom stereocenters. The van der Waals surface area contributed by atoms with Crippen molar-refractivity contribution in [3.63, 3.8) is 0 Å². The highest BCUT2D eigenvalue weighted by Gasteiger charge is 2.26. The molecule has 0 aliphatic heterocycles. The second kappa shape index (κ2) is 8.85. The number of rotatable bonds is 7. The molecular weight excluding hydrogens is 296 g/mol. The fraction of sp³-hybridized carbons (Fsp3) is 0.692. The molecule has 0 heterocycles. The summed E-state index contributed by atoms with van der Waals surface area (Å²) >= 11 is 0. The molecule has 9 heteroatoms. The van der Waals surface area contributed by atoms with Gasteiger partial charge in [-0.15, -0.1) is 0 Å². The maximum absolute atomic E-state index is 11.8. The number of amides is 2. The SMILES string of the molecule is CCOC(=O)CNC(=O)[C@H](CC(=O)O)NC(=O)OC(C)(C)C. The van der Waals surface area contributed by atoms with Crippen LogP contribution in [0.25, 0.3) is 0 Å². The van der Waals surface area contributed by atoms with Gasteiger partial charge in [-0.2, -0.15) is 0 Å². The minimum Gasteiger partial charge on any atom is -0.481 e. The van der Waals surface area contributed by atoms with Crippen LogP contribution in [0.2, 0.25) is 0 Å². The average molecular weight is 318 g/mol. The number of ether oxygens (including phenoxy) is 2. The molecule has 0 aromatic heterocycles. The number of carboxylic acids is 1. The van der Waals surface area contributed by atoms with Gasteiger partial charge in [-0.05, 0) is 27.7 Å². The number of carbonyl (C=O) groups is 4. The summed E-state index contributed by atoms with van der Waals surface area (Å²) in [6.45, 7) is 6.22. The summed E-state index contributed by atoms with van der Waals surface area (Å²) < 4.78 is 9.57. The van der Waals surface area contributed by atoms with Gasteiger partial charge in [0.1, 0.15) is 18.2 Å². The van der Waals surface area contributed by atoms with Gasteiger partial charge < -0.3 is 25.2 Å². The summed E-state index contributed by atoms with van der Waals surface area (Å²) in [7, 11) is 0. The first kappa shape index (κ1) is 19.7. The summed E-state index contributed by atoms with van der Waals surface area (Å²) in [5, 5.41) is 13.1. The summed E-state index contributed by atoms with van der Waals surface area (Å²) in [6.07, 6.45) is -1.57. The molecular formula is C13H22N2O7. The predicted molar refractivity (Wildman–Crippen MR) is 75.1 cm³/mol. The highest BCUT2D eigenvalue weighted by atomic mass is 16.6. The summed E-state index contributed by atoms with van der Waals surface area (Å²) in [5.41, 5.74) is -0.792. The van der Waals surface area contributed by atoms with E-state index in [4.69, 9.17) is 9.84 Å². The number of hydrogen-bond donors (Lipinski definition) is 3. The number of aliphatic carboxylic acids is 1. The van der Waals surface area contributed by atoms with Crippen LogP contribution in [0.1, 0.15) is 34.1 Å². The van der Waals surface area contributed by atoms with Gasteiger partial charge in [0.25, 0.3) is 0 Å². The van der Waals surface area contributed by atoms with E-state index in [0.29, 0.717) is 0 Å². The Morgan fingerprint density at radius 3 is 2.23 bits per heavy atom. The Kier molecular flexibility index (Phi) is 7.92. The summed E-state index contributed by atoms with van der Waals surface area (Å²) in [6, 6.07) is -1.36. The number of alkyl carbamates (subject to hydrolysis) is 1. The second-order valence-electron chi connectivity index (χ2n) is 5.32. The topological polar surface area (TPSA) is 131 Å². The normalized spacial score (nSPS) is 12.0. The third-order valence-corrected chi connectivity index (χ3v) is 2.10. The van der Waals surface area contributed by atoms with Crippen LogP contribution in [-0.2, 0) is 23.9 Å². The van der Waals surface area contributed by atoms with Gasteiger partial charge in [-0.25, -0.2) is 4.79 Å². The molecule has 126 valence electrons. The zero-order valence-corrected chi connectivity index (χ0v) is 13.1. The molecule has 3 N–H and O–H groups in total. The Balaban J connectivity index is 4.62. The molecule has 0 fully saturated rings. The number of hydrogen-bond acceptors (Lipinski definition) is 6. The highest BCUT2D eigenvalue weighted by Crippen LogP contribution is 2.07. The van der Waals surface area contributed by atoms with Gasteiger partial charge in [-0.3, -0.25) is 14.4 Å². The molecule has 0 rings (SSSR count). The largest absolute Gasteiger partial charge is 0.481 e. The first-order valence-corrected chi connectivity index (χ1v) is 6.69. The van der Waals surface area contributed by atoms with Crippen molar-refractivity contribution in [3.05, 3.63) is 0 Å². The smallest absolute Gasteiger partial charge is 0.408 e. The van der Waals surface area contributed by atoms with E-state index in [1.807, 2.05) is 0 Å². The number of carbonyl (C=O) groups excluding carboxylic acids is 3. The van der Waals surface area contributed by atoms with Crippen molar-refractivity contribution < 1.29 is 33.8 Å². The lowest BCUT2D eigenvalue weighted by Crippen LogP contribution is -2.50. The van der Waals surface area contributed by atoms with Gasteiger partial charge in [0, 0.05) is 0 Å². The first-order valence-electron chi connectivity index (χ1n) is 6.69. The van der Waals surface area contributed by atoms with Crippen molar-refractivity contribution in [1.82, 2.24) is 10.6 Å². The van der Waals surface area contributed by atoms with Crippen molar-refractivity contribution in [1.29, 1.82) is 0 Å². The lowest BCUT2D eigenvalue weighted by Gasteiger charge is -2.22. The second-order valence-corrected chi connectivity index (χ2v) is 5.32. The van der Waals surface area contributed by atoms with E-state index in [0.717, 1.165) is 0 Å². The Bertz CT molecular complexity index is 429. The van der Waals surface area contributed by atoms with E-state index in [1.165, 1.54) is 0 Å². The Morgan fingerprint density at radius 2 is 1.77 bits per heavy atom. The van der Waals surface area contributed by atoms with Crippen LogP contribution in [0, 0.1) is 0 Å². The number of nitrogens with one attached hydrogen (secondary N) is 2. The van der Waals surface area contributed by atoms with Gasteiger partial charge >= 0.3 is 18.0 Å². The van der Waals surface area contributed by atoms with E-state index in [1.54, 1.807) is 27.7 Å². The van der Waals surface area contributed by atoms with Crippen molar-refractivity contribution in [2.24, 2.45) is 0 Å². The summed E-state index contributed by atoms with van der Waals surface area (Å²) in [5.74, 6) is -2.77. The van der Waals surface area contributed by atoms with Crippen LogP contribution in [0.3, 0.4) is 0 Å². The maximum Gasteiger partial charge on any atom is 0.408 e. The molecule has 0 aromatic rings. The predicted octanol–water partition coefficient (Wildman–Crippen LogP) is 0.0337. The molecule has 22 heavy (non-hydrogen) atoms. The van der Waals surface area contributed by atoms with Crippen LogP contribution < -0.4 is 10.6 Å². The van der Waals surface area contributed by atoms with Gasteiger partial charge in [0.2, 0.25) is 5.91 Å². The van der Waals surface area contributed by atoms with E-state index < -0.39 is 48.5 Å². The Hall–Kier alpha value is -2.32. The quantitative estimate of drug-likeness (QED) is 0.564. The molecule has 2 amide bonds. The van der Waals surface area contributed by atoms with Crippen molar-refractivity contribution in [3.8, 4) is 0 Å². The molecule has 9 nitrogen and oxygen atoms in total. The molecule has 0 radical (unpaired) electrons. The van der Waals surface area contributed by atoms with E-state index >= 15 is 0 Å². The van der Waals surface area contributed by atoms with Crippen LogP contribution in [-0.4, -0.2) is 53.8 Å². The van der Waals surface area contributed by atoms with Crippen LogP contribution in [0.15, 0.2) is 0 Å². The molecule has 0 aliphatic rings. The van der Waals surface area contributed by atoms with Crippen LogP contribution in [0.5, 0.6) is 0 Å². The molecule has 0 spiro atoms. The molecule has 0 bridgehead atoms. The standard InChI is InChI=1S/C13H22N2O7/c1-5-21-10(18)7-14-11(19)8(6-9(16)17)15-12(20)22-13(2,3)4/h8H,5-7H2,1-4H3,(H,14,19)(H,15,20)(H,16,17)/t8-/m0/s1. The third kappa shape index (κ3) is 9.56. The molecule has 0 saturated carbocycles. The molecule has 0 unspecified atom stereocenters.